The van der Waals surface area contributed by atoms with E-state index in [1.807, 2.05) is 30.5 Å². The Morgan fingerprint density at radius 3 is 2.44 bits per heavy atom. The zero-order valence-electron chi connectivity index (χ0n) is 27.9. The summed E-state index contributed by atoms with van der Waals surface area (Å²) in [4.78, 5) is 8.84. The minimum absolute atomic E-state index is 0. The van der Waals surface area contributed by atoms with Crippen molar-refractivity contribution >= 4 is 35.2 Å². The molecule has 0 spiro atoms. The summed E-state index contributed by atoms with van der Waals surface area (Å²) in [7, 11) is -1.49. The van der Waals surface area contributed by atoms with E-state index in [1.165, 1.54) is 59.8 Å². The van der Waals surface area contributed by atoms with E-state index in [9.17, 15) is 0 Å². The van der Waals surface area contributed by atoms with Gasteiger partial charge in [-0.25, -0.2) is 0 Å². The van der Waals surface area contributed by atoms with Crippen molar-refractivity contribution in [3.05, 3.63) is 115 Å². The second-order valence-electron chi connectivity index (χ2n) is 12.1. The first-order valence-corrected chi connectivity index (χ1v) is 18.4. The molecule has 0 saturated heterocycles. The number of hydrogen-bond donors (Lipinski definition) is 0. The van der Waals surface area contributed by atoms with Gasteiger partial charge >= 0.3 is 0 Å². The van der Waals surface area contributed by atoms with E-state index in [4.69, 9.17) is 13.5 Å². The van der Waals surface area contributed by atoms with Crippen LogP contribution in [-0.2, 0) is 20.1 Å². The summed E-state index contributed by atoms with van der Waals surface area (Å²) >= 11 is 0. The molecule has 3 aromatic carbocycles. The number of fused-ring (bicyclic) bond motifs is 3. The van der Waals surface area contributed by atoms with Crippen molar-refractivity contribution in [3.8, 4) is 22.5 Å². The van der Waals surface area contributed by atoms with Gasteiger partial charge < -0.3 is 14.4 Å². The van der Waals surface area contributed by atoms with Crippen LogP contribution in [0.2, 0.25) is 19.6 Å². The SMILES string of the molecule is C[Si](C)(C)c1cccc2oc3c(-c4cc(C5CCCCC5)ccn4)[c-]ccc3c12.[2H]C([2H])([2H])c1ccc(-c2[c-]cccc2)nc1.[Ir]. The molecule has 0 unspecified atom stereocenters. The Bertz CT molecular complexity index is 1910. The van der Waals surface area contributed by atoms with Crippen molar-refractivity contribution in [3.63, 3.8) is 0 Å². The van der Waals surface area contributed by atoms with E-state index >= 15 is 0 Å². The normalized spacial score (nSPS) is 15.1. The Morgan fingerprint density at radius 1 is 0.860 bits per heavy atom. The first kappa shape index (κ1) is 27.2. The summed E-state index contributed by atoms with van der Waals surface area (Å²) in [6.07, 6.45) is 9.99. The minimum atomic E-state index is -2.09. The summed E-state index contributed by atoms with van der Waals surface area (Å²) in [5.74, 6) is 0.666. The molecule has 0 aliphatic heterocycles. The fraction of sp³-hybridized carbons (Fsp3) is 0.263. The van der Waals surface area contributed by atoms with Crippen LogP contribution in [0.15, 0.2) is 95.7 Å². The molecule has 3 heterocycles. The molecule has 43 heavy (non-hydrogen) atoms. The maximum Gasteiger partial charge on any atom is 0.120 e. The van der Waals surface area contributed by atoms with Crippen LogP contribution in [0.5, 0.6) is 0 Å². The Morgan fingerprint density at radius 2 is 1.72 bits per heavy atom. The van der Waals surface area contributed by atoms with Crippen LogP contribution in [-0.4, -0.2) is 18.0 Å². The molecular formula is C38H38IrN2OSi-2. The molecule has 5 heteroatoms. The van der Waals surface area contributed by atoms with E-state index in [0.29, 0.717) is 5.92 Å². The Balaban J connectivity index is 0.000000209. The van der Waals surface area contributed by atoms with Gasteiger partial charge in [0.15, 0.2) is 0 Å². The van der Waals surface area contributed by atoms with Gasteiger partial charge in [0.1, 0.15) is 5.58 Å². The van der Waals surface area contributed by atoms with Crippen LogP contribution in [0.3, 0.4) is 0 Å². The Hall–Kier alpha value is -3.37. The van der Waals surface area contributed by atoms with Crippen LogP contribution in [0.25, 0.3) is 44.5 Å². The molecule has 1 saturated carbocycles. The first-order valence-electron chi connectivity index (χ1n) is 16.4. The number of benzene rings is 3. The molecule has 7 rings (SSSR count). The number of pyridine rings is 2. The third kappa shape index (κ3) is 6.91. The van der Waals surface area contributed by atoms with Gasteiger partial charge in [-0.1, -0.05) is 90.9 Å². The summed E-state index contributed by atoms with van der Waals surface area (Å²) in [5, 5.41) is 3.92. The quantitative estimate of drug-likeness (QED) is 0.133. The standard InChI is InChI=1S/C26H28NOSi.C12H10N.Ir/c1-29(2,3)24-14-8-13-23-25(24)21-12-7-11-20(26(21)28-23)22-17-19(15-16-27-22)18-9-5-4-6-10-18;1-10-7-8-12(13-9-10)11-5-3-2-4-6-11;/h7-8,12-18H,4-6,9-10H2,1-3H3;2-5,7-9H,1H3;/q2*-1;/i;1D3;. The third-order valence-corrected chi connectivity index (χ3v) is 10.2. The number of aromatic nitrogens is 2. The zero-order valence-corrected chi connectivity index (χ0v) is 28.3. The molecule has 1 aliphatic rings. The second kappa shape index (κ2) is 13.5. The number of hydrogen-bond acceptors (Lipinski definition) is 3. The van der Waals surface area contributed by atoms with Gasteiger partial charge in [-0.15, -0.1) is 54.1 Å². The largest absolute Gasteiger partial charge is 0.501 e. The molecule has 0 amide bonds. The molecule has 0 bridgehead atoms. The number of nitrogens with zero attached hydrogens (tertiary/aromatic N) is 2. The first-order chi connectivity index (χ1) is 21.6. The van der Waals surface area contributed by atoms with Gasteiger partial charge in [0.25, 0.3) is 0 Å². The fourth-order valence-corrected chi connectivity index (χ4v) is 7.59. The molecule has 1 radical (unpaired) electrons. The van der Waals surface area contributed by atoms with E-state index in [0.717, 1.165) is 33.7 Å². The predicted molar refractivity (Wildman–Crippen MR) is 178 cm³/mol. The van der Waals surface area contributed by atoms with Crippen molar-refractivity contribution in [1.29, 1.82) is 0 Å². The summed E-state index contributed by atoms with van der Waals surface area (Å²) in [6, 6.07) is 32.4. The van der Waals surface area contributed by atoms with Crippen LogP contribution < -0.4 is 5.19 Å². The second-order valence-corrected chi connectivity index (χ2v) is 17.2. The maximum absolute atomic E-state index is 7.23. The predicted octanol–water partition coefficient (Wildman–Crippen LogP) is 9.90. The van der Waals surface area contributed by atoms with Gasteiger partial charge in [-0.05, 0) is 54.7 Å². The molecule has 1 fully saturated rings. The monoisotopic (exact) mass is 762 g/mol. The van der Waals surface area contributed by atoms with E-state index < -0.39 is 14.9 Å². The average Bonchev–Trinajstić information content (AvgIpc) is 3.44. The Kier molecular flexibility index (Phi) is 8.54. The summed E-state index contributed by atoms with van der Waals surface area (Å²) in [5.41, 5.74) is 7.12. The van der Waals surface area contributed by atoms with Gasteiger partial charge in [-0.3, -0.25) is 0 Å². The van der Waals surface area contributed by atoms with E-state index in [2.05, 4.69) is 73.2 Å². The smallest absolute Gasteiger partial charge is 0.120 e. The van der Waals surface area contributed by atoms with Crippen LogP contribution in [0.4, 0.5) is 0 Å². The molecule has 1 aliphatic carbocycles. The molecule has 221 valence electrons. The zero-order chi connectivity index (χ0) is 31.6. The summed E-state index contributed by atoms with van der Waals surface area (Å²) < 4.78 is 28.1. The summed E-state index contributed by atoms with van der Waals surface area (Å²) in [6.45, 7) is 5.09. The van der Waals surface area contributed by atoms with Crippen molar-refractivity contribution in [2.75, 3.05) is 0 Å². The Labute approximate surface area is 274 Å². The maximum atomic E-state index is 7.23. The van der Waals surface area contributed by atoms with Gasteiger partial charge in [-0.2, -0.15) is 0 Å². The van der Waals surface area contributed by atoms with Crippen molar-refractivity contribution < 1.29 is 28.6 Å². The van der Waals surface area contributed by atoms with Gasteiger partial charge in [0.2, 0.25) is 0 Å². The molecule has 3 aromatic heterocycles. The molecule has 0 atom stereocenters. The minimum Gasteiger partial charge on any atom is -0.501 e. The topological polar surface area (TPSA) is 38.9 Å². The van der Waals surface area contributed by atoms with Gasteiger partial charge in [0.05, 0.1) is 13.7 Å². The van der Waals surface area contributed by atoms with Crippen molar-refractivity contribution in [1.82, 2.24) is 9.97 Å². The molecular weight excluding hydrogens is 721 g/mol. The van der Waals surface area contributed by atoms with Crippen LogP contribution in [0.1, 0.15) is 53.3 Å². The molecule has 6 aromatic rings. The number of rotatable bonds is 4. The molecule has 3 nitrogen and oxygen atoms in total. The van der Waals surface area contributed by atoms with Crippen molar-refractivity contribution in [2.24, 2.45) is 0 Å². The van der Waals surface area contributed by atoms with Crippen molar-refractivity contribution in [2.45, 2.75) is 64.5 Å². The fourth-order valence-electron chi connectivity index (χ4n) is 5.99. The van der Waals surface area contributed by atoms with Crippen LogP contribution in [0, 0.1) is 19.0 Å². The van der Waals surface area contributed by atoms with E-state index in [1.54, 1.807) is 18.2 Å². The van der Waals surface area contributed by atoms with E-state index in [-0.39, 0.29) is 25.7 Å². The van der Waals surface area contributed by atoms with Gasteiger partial charge in [0, 0.05) is 42.0 Å². The molecule has 0 N–H and O–H groups in total. The average molecular weight is 762 g/mol. The number of furan rings is 1. The third-order valence-electron chi connectivity index (χ3n) is 8.13. The number of aryl methyl sites for hydroxylation is 1. The van der Waals surface area contributed by atoms with Crippen LogP contribution >= 0.6 is 0 Å².